The summed E-state index contributed by atoms with van der Waals surface area (Å²) in [6.45, 7) is 2.68. The van der Waals surface area contributed by atoms with Crippen LogP contribution in [0.2, 0.25) is 0 Å². The molecular formula is C26H30N10O3. The highest BCUT2D eigenvalue weighted by atomic mass is 16.5. The van der Waals surface area contributed by atoms with E-state index in [0.717, 1.165) is 11.3 Å². The normalized spacial score (nSPS) is 17.8. The van der Waals surface area contributed by atoms with Crippen molar-refractivity contribution in [3.8, 4) is 11.4 Å². The van der Waals surface area contributed by atoms with Crippen molar-refractivity contribution in [1.82, 2.24) is 39.6 Å². The first-order chi connectivity index (χ1) is 20.1. The number of pyridine rings is 1. The second-order valence-corrected chi connectivity index (χ2v) is 9.69. The van der Waals surface area contributed by atoms with Crippen molar-refractivity contribution in [2.75, 3.05) is 63.6 Å². The highest BCUT2D eigenvalue weighted by Gasteiger charge is 2.34. The number of hydrogen-bond acceptors (Lipinski definition) is 9. The topological polar surface area (TPSA) is 126 Å². The van der Waals surface area contributed by atoms with Gasteiger partial charge in [0.15, 0.2) is 0 Å². The minimum atomic E-state index is -2.10. The van der Waals surface area contributed by atoms with Crippen LogP contribution in [0.1, 0.15) is 26.1 Å². The number of piperazine rings is 1. The van der Waals surface area contributed by atoms with Crippen LogP contribution in [-0.4, -0.2) is 105 Å². The van der Waals surface area contributed by atoms with Gasteiger partial charge in [0.1, 0.15) is 6.04 Å². The molecule has 0 atom stereocenters. The van der Waals surface area contributed by atoms with Crippen molar-refractivity contribution in [3.05, 3.63) is 53.9 Å². The van der Waals surface area contributed by atoms with E-state index in [1.54, 1.807) is 21.7 Å². The Hall–Kier alpha value is -4.52. The zero-order valence-corrected chi connectivity index (χ0v) is 21.6. The zero-order valence-electron chi connectivity index (χ0n) is 24.6. The molecule has 2 saturated heterocycles. The summed E-state index contributed by atoms with van der Waals surface area (Å²) in [6, 6.07) is 9.28. The number of hydrogen-bond donors (Lipinski definition) is 1. The molecule has 13 heteroatoms. The molecule has 1 N–H and O–H groups in total. The second-order valence-electron chi connectivity index (χ2n) is 9.69. The standard InChI is InChI=1S/C26H30N10O3/c1-17-4-5-18(24-29-31-36(30-24)20-15-34(16-20)26(38)39-3)12-22(17)28-25(37)21-14-27-35-7-6-19(13-23(21)35)33-10-8-32(2)9-11-33/h4-7,12-14,20H,8-11,15-16H2,1-3H3,(H,28,37)/i2D3. The van der Waals surface area contributed by atoms with E-state index in [2.05, 4.69) is 30.7 Å². The lowest BCUT2D eigenvalue weighted by molar-refractivity contribution is 0.0621. The van der Waals surface area contributed by atoms with Crippen LogP contribution in [0.25, 0.3) is 16.9 Å². The number of likely N-dealkylation sites (N-methyl/N-ethyl adjacent to an activating group) is 1. The molecule has 202 valence electrons. The van der Waals surface area contributed by atoms with Gasteiger partial charge in [0.25, 0.3) is 5.91 Å². The molecule has 2 aliphatic rings. The molecule has 1 aromatic carbocycles. The first-order valence-electron chi connectivity index (χ1n) is 14.1. The predicted octanol–water partition coefficient (Wildman–Crippen LogP) is 1.92. The Balaban J connectivity index is 1.17. The van der Waals surface area contributed by atoms with Gasteiger partial charge in [-0.25, -0.2) is 9.31 Å². The van der Waals surface area contributed by atoms with E-state index in [-0.39, 0.29) is 18.0 Å². The quantitative estimate of drug-likeness (QED) is 0.409. The first kappa shape index (κ1) is 21.4. The highest BCUT2D eigenvalue weighted by molar-refractivity contribution is 6.09. The predicted molar refractivity (Wildman–Crippen MR) is 144 cm³/mol. The lowest BCUT2D eigenvalue weighted by Gasteiger charge is -2.36. The van der Waals surface area contributed by atoms with Gasteiger partial charge in [-0.2, -0.15) is 9.90 Å². The Bertz CT molecular complexity index is 1640. The third-order valence-electron chi connectivity index (χ3n) is 7.19. The molecule has 4 aromatic rings. The van der Waals surface area contributed by atoms with Gasteiger partial charge in [-0.05, 0) is 42.9 Å². The monoisotopic (exact) mass is 533 g/mol. The summed E-state index contributed by atoms with van der Waals surface area (Å²) >= 11 is 0. The van der Waals surface area contributed by atoms with Gasteiger partial charge in [0.05, 0.1) is 37.5 Å². The first-order valence-corrected chi connectivity index (χ1v) is 12.6. The van der Waals surface area contributed by atoms with Crippen LogP contribution in [0.5, 0.6) is 0 Å². The van der Waals surface area contributed by atoms with E-state index < -0.39 is 6.98 Å². The van der Waals surface area contributed by atoms with Gasteiger partial charge in [-0.1, -0.05) is 12.1 Å². The number of carbonyl (C=O) groups excluding carboxylic acids is 2. The van der Waals surface area contributed by atoms with Gasteiger partial charge in [0, 0.05) is 53.4 Å². The smallest absolute Gasteiger partial charge is 0.409 e. The highest BCUT2D eigenvalue weighted by Crippen LogP contribution is 2.26. The van der Waals surface area contributed by atoms with Gasteiger partial charge >= 0.3 is 6.09 Å². The number of methoxy groups -OCH3 is 1. The minimum absolute atomic E-state index is 0.0825. The molecule has 0 radical (unpaired) electrons. The van der Waals surface area contributed by atoms with Crippen molar-refractivity contribution in [1.29, 1.82) is 0 Å². The number of nitrogens with zero attached hydrogens (tertiary/aromatic N) is 9. The zero-order chi connectivity index (χ0) is 29.6. The molecule has 2 fully saturated rings. The van der Waals surface area contributed by atoms with E-state index in [1.165, 1.54) is 23.0 Å². The Morgan fingerprint density at radius 2 is 1.95 bits per heavy atom. The number of fused-ring (bicyclic) bond motifs is 1. The number of tetrazole rings is 1. The number of rotatable bonds is 5. The maximum atomic E-state index is 13.4. The van der Waals surface area contributed by atoms with Crippen LogP contribution in [0.3, 0.4) is 0 Å². The van der Waals surface area contributed by atoms with E-state index in [4.69, 9.17) is 8.85 Å². The molecule has 0 aliphatic carbocycles. The van der Waals surface area contributed by atoms with E-state index in [1.807, 2.05) is 31.2 Å². The van der Waals surface area contributed by atoms with Crippen molar-refractivity contribution >= 4 is 28.9 Å². The summed E-state index contributed by atoms with van der Waals surface area (Å²) in [5, 5.41) is 20.2. The summed E-state index contributed by atoms with van der Waals surface area (Å²) in [7, 11) is 1.34. The SMILES string of the molecule is [2H]C([2H])([2H])N1CCN(c2ccn3ncc(C(=O)Nc4cc(-c5nnn(C6CN(C(=O)OC)C6)n5)ccc4C)c3c2)CC1. The number of carbonyl (C=O) groups is 2. The maximum Gasteiger partial charge on any atom is 0.409 e. The maximum absolute atomic E-state index is 13.4. The number of likely N-dealkylation sites (tertiary alicyclic amines) is 1. The summed E-state index contributed by atoms with van der Waals surface area (Å²) in [5.74, 6) is 0.0878. The van der Waals surface area contributed by atoms with Gasteiger partial charge in [-0.15, -0.1) is 10.2 Å². The van der Waals surface area contributed by atoms with Crippen molar-refractivity contribution in [2.24, 2.45) is 0 Å². The van der Waals surface area contributed by atoms with Crippen LogP contribution in [0.4, 0.5) is 16.2 Å². The van der Waals surface area contributed by atoms with E-state index in [0.29, 0.717) is 67.4 Å². The molecule has 39 heavy (non-hydrogen) atoms. The fourth-order valence-corrected chi connectivity index (χ4v) is 4.77. The van der Waals surface area contributed by atoms with Crippen LogP contribution in [0.15, 0.2) is 42.7 Å². The molecule has 2 aliphatic heterocycles. The summed E-state index contributed by atoms with van der Waals surface area (Å²) in [5.41, 5.74) is 4.10. The fraction of sp³-hybridized carbons (Fsp3) is 0.385. The van der Waals surface area contributed by atoms with Crippen LogP contribution < -0.4 is 10.2 Å². The number of nitrogens with one attached hydrogen (secondary N) is 1. The van der Waals surface area contributed by atoms with Crippen molar-refractivity contribution in [3.63, 3.8) is 0 Å². The molecule has 0 spiro atoms. The van der Waals surface area contributed by atoms with E-state index in [9.17, 15) is 9.59 Å². The number of aromatic nitrogens is 6. The lowest BCUT2D eigenvalue weighted by Crippen LogP contribution is -2.51. The molecular weight excluding hydrogens is 500 g/mol. The average Bonchev–Trinajstić information content (AvgIpc) is 3.60. The van der Waals surface area contributed by atoms with Gasteiger partial charge in [0.2, 0.25) is 5.82 Å². The van der Waals surface area contributed by atoms with E-state index >= 15 is 0 Å². The lowest BCUT2D eigenvalue weighted by atomic mass is 10.1. The number of aryl methyl sites for hydroxylation is 1. The van der Waals surface area contributed by atoms with Crippen LogP contribution in [0, 0.1) is 6.92 Å². The molecule has 6 rings (SSSR count). The Morgan fingerprint density at radius 1 is 1.13 bits per heavy atom. The van der Waals surface area contributed by atoms with Gasteiger partial charge < -0.3 is 24.8 Å². The number of benzene rings is 1. The Labute approximate surface area is 229 Å². The molecule has 3 aromatic heterocycles. The molecule has 13 nitrogen and oxygen atoms in total. The minimum Gasteiger partial charge on any atom is -0.453 e. The third kappa shape index (κ3) is 4.76. The number of anilines is 2. The Morgan fingerprint density at radius 3 is 2.72 bits per heavy atom. The fourth-order valence-electron chi connectivity index (χ4n) is 4.77. The molecule has 0 bridgehead atoms. The Kier molecular flexibility index (Phi) is 5.48. The van der Waals surface area contributed by atoms with Crippen LogP contribution in [-0.2, 0) is 4.74 Å². The van der Waals surface area contributed by atoms with Crippen molar-refractivity contribution in [2.45, 2.75) is 13.0 Å². The largest absolute Gasteiger partial charge is 0.453 e. The summed E-state index contributed by atoms with van der Waals surface area (Å²) < 4.78 is 29.3. The number of amides is 2. The number of ether oxygens (including phenoxy) is 1. The molecule has 0 saturated carbocycles. The molecule has 5 heterocycles. The summed E-state index contributed by atoms with van der Waals surface area (Å²) in [4.78, 5) is 31.7. The molecule has 0 unspecified atom stereocenters. The molecule has 2 amide bonds. The van der Waals surface area contributed by atoms with Crippen LogP contribution >= 0.6 is 0 Å². The van der Waals surface area contributed by atoms with Gasteiger partial charge in [-0.3, -0.25) is 4.79 Å². The summed E-state index contributed by atoms with van der Waals surface area (Å²) in [6.07, 6.45) is 2.94. The average molecular weight is 534 g/mol. The van der Waals surface area contributed by atoms with Crippen molar-refractivity contribution < 1.29 is 18.4 Å². The third-order valence-corrected chi connectivity index (χ3v) is 7.19. The second kappa shape index (κ2) is 9.98.